The molecule has 1 amide bonds. The van der Waals surface area contributed by atoms with Gasteiger partial charge >= 0.3 is 0 Å². The number of hydrogen-bond donors (Lipinski definition) is 1. The van der Waals surface area contributed by atoms with E-state index in [0.717, 1.165) is 17.8 Å². The number of likely N-dealkylation sites (tertiary alicyclic amines) is 1. The molecule has 0 aliphatic carbocycles. The number of rotatable bonds is 4. The van der Waals surface area contributed by atoms with Gasteiger partial charge in [-0.1, -0.05) is 6.07 Å². The van der Waals surface area contributed by atoms with Crippen molar-refractivity contribution in [3.05, 3.63) is 52.2 Å². The van der Waals surface area contributed by atoms with Gasteiger partial charge in [0.05, 0.1) is 25.3 Å². The summed E-state index contributed by atoms with van der Waals surface area (Å²) in [7, 11) is 0. The number of nitrogens with one attached hydrogen (secondary N) is 1. The number of ether oxygens (including phenoxy) is 1. The molecule has 0 radical (unpaired) electrons. The summed E-state index contributed by atoms with van der Waals surface area (Å²) in [5.41, 5.74) is 1.38. The Hall–Kier alpha value is -2.74. The van der Waals surface area contributed by atoms with Crippen molar-refractivity contribution in [2.75, 3.05) is 44.3 Å². The lowest BCUT2D eigenvalue weighted by Crippen LogP contribution is -2.38. The van der Waals surface area contributed by atoms with Crippen LogP contribution in [0.2, 0.25) is 0 Å². The zero-order chi connectivity index (χ0) is 18.6. The minimum Gasteiger partial charge on any atom is -0.378 e. The largest absolute Gasteiger partial charge is 0.378 e. The van der Waals surface area contributed by atoms with Crippen LogP contribution in [-0.4, -0.2) is 65.2 Å². The molecule has 8 nitrogen and oxygen atoms in total. The van der Waals surface area contributed by atoms with Crippen LogP contribution in [0.1, 0.15) is 23.7 Å². The van der Waals surface area contributed by atoms with Crippen molar-refractivity contribution in [3.63, 3.8) is 0 Å². The van der Waals surface area contributed by atoms with Crippen LogP contribution in [0.5, 0.6) is 0 Å². The van der Waals surface area contributed by atoms with E-state index in [-0.39, 0.29) is 17.4 Å². The average Bonchev–Trinajstić information content (AvgIpc) is 3.19. The molecule has 0 spiro atoms. The highest BCUT2D eigenvalue weighted by Gasteiger charge is 2.29. The van der Waals surface area contributed by atoms with Crippen molar-refractivity contribution in [2.45, 2.75) is 18.8 Å². The highest BCUT2D eigenvalue weighted by Crippen LogP contribution is 2.26. The van der Waals surface area contributed by atoms with Gasteiger partial charge in [0.2, 0.25) is 11.9 Å². The lowest BCUT2D eigenvalue weighted by atomic mass is 10.0. The quantitative estimate of drug-likeness (QED) is 0.847. The van der Waals surface area contributed by atoms with Gasteiger partial charge in [-0.15, -0.1) is 0 Å². The molecule has 2 aliphatic rings. The number of anilines is 1. The molecule has 2 fully saturated rings. The average molecular weight is 369 g/mol. The van der Waals surface area contributed by atoms with Gasteiger partial charge in [-0.2, -0.15) is 0 Å². The molecule has 0 bridgehead atoms. The maximum absolute atomic E-state index is 12.5. The number of carbonyl (C=O) groups is 1. The van der Waals surface area contributed by atoms with Crippen LogP contribution in [0.4, 0.5) is 5.95 Å². The van der Waals surface area contributed by atoms with Gasteiger partial charge < -0.3 is 14.5 Å². The first-order valence-electron chi connectivity index (χ1n) is 9.31. The van der Waals surface area contributed by atoms with Gasteiger partial charge in [0.1, 0.15) is 0 Å². The molecule has 2 saturated heterocycles. The van der Waals surface area contributed by atoms with E-state index in [1.54, 1.807) is 12.3 Å². The monoisotopic (exact) mass is 369 g/mol. The van der Waals surface area contributed by atoms with Crippen molar-refractivity contribution in [1.29, 1.82) is 0 Å². The van der Waals surface area contributed by atoms with Crippen LogP contribution >= 0.6 is 0 Å². The molecule has 4 heterocycles. The summed E-state index contributed by atoms with van der Waals surface area (Å²) in [4.78, 5) is 40.3. The molecule has 0 saturated carbocycles. The summed E-state index contributed by atoms with van der Waals surface area (Å²) in [6, 6.07) is 7.14. The molecule has 0 unspecified atom stereocenters. The number of morpholine rings is 1. The second-order valence-corrected chi connectivity index (χ2v) is 6.92. The van der Waals surface area contributed by atoms with Crippen molar-refractivity contribution in [3.8, 4) is 0 Å². The molecule has 27 heavy (non-hydrogen) atoms. The third-order valence-electron chi connectivity index (χ3n) is 5.08. The number of amides is 1. The lowest BCUT2D eigenvalue weighted by Gasteiger charge is -2.27. The Kier molecular flexibility index (Phi) is 5.15. The molecule has 2 aliphatic heterocycles. The van der Waals surface area contributed by atoms with Gasteiger partial charge in [-0.05, 0) is 18.6 Å². The fourth-order valence-corrected chi connectivity index (χ4v) is 3.59. The van der Waals surface area contributed by atoms with Crippen molar-refractivity contribution in [2.24, 2.45) is 0 Å². The summed E-state index contributed by atoms with van der Waals surface area (Å²) in [5, 5.41) is 0. The van der Waals surface area contributed by atoms with E-state index in [0.29, 0.717) is 51.8 Å². The van der Waals surface area contributed by atoms with Crippen LogP contribution in [0.3, 0.4) is 0 Å². The Labute approximate surface area is 157 Å². The molecule has 0 aromatic carbocycles. The Morgan fingerprint density at radius 1 is 1.26 bits per heavy atom. The summed E-state index contributed by atoms with van der Waals surface area (Å²) in [6.45, 7) is 3.96. The summed E-state index contributed by atoms with van der Waals surface area (Å²) in [6.07, 6.45) is 2.81. The van der Waals surface area contributed by atoms with Gasteiger partial charge in [0.25, 0.3) is 5.56 Å². The smallest absolute Gasteiger partial charge is 0.252 e. The van der Waals surface area contributed by atoms with E-state index in [2.05, 4.69) is 15.0 Å². The second kappa shape index (κ2) is 7.87. The number of aromatic nitrogens is 3. The Bertz CT molecular complexity index is 848. The number of aromatic amines is 1. The lowest BCUT2D eigenvalue weighted by molar-refractivity contribution is -0.129. The topological polar surface area (TPSA) is 91.4 Å². The molecular weight excluding hydrogens is 346 g/mol. The molecule has 1 atom stereocenters. The van der Waals surface area contributed by atoms with Crippen LogP contribution in [-0.2, 0) is 16.0 Å². The van der Waals surface area contributed by atoms with Crippen molar-refractivity contribution < 1.29 is 9.53 Å². The Morgan fingerprint density at radius 2 is 2.11 bits per heavy atom. The second-order valence-electron chi connectivity index (χ2n) is 6.92. The third kappa shape index (κ3) is 4.16. The fourth-order valence-electron chi connectivity index (χ4n) is 3.59. The highest BCUT2D eigenvalue weighted by molar-refractivity contribution is 5.78. The highest BCUT2D eigenvalue weighted by atomic mass is 16.5. The SMILES string of the molecule is O=C(Cc1ccccn1)N1CC[C@H](c2cc(=O)[nH]c(N3CCOCC3)n2)C1. The summed E-state index contributed by atoms with van der Waals surface area (Å²) < 4.78 is 5.36. The first-order valence-corrected chi connectivity index (χ1v) is 9.31. The van der Waals surface area contributed by atoms with Crippen molar-refractivity contribution in [1.82, 2.24) is 19.9 Å². The third-order valence-corrected chi connectivity index (χ3v) is 5.08. The molecule has 1 N–H and O–H groups in total. The van der Waals surface area contributed by atoms with E-state index in [1.807, 2.05) is 28.0 Å². The van der Waals surface area contributed by atoms with Crippen LogP contribution < -0.4 is 10.5 Å². The first kappa shape index (κ1) is 17.7. The first-order chi connectivity index (χ1) is 13.2. The zero-order valence-corrected chi connectivity index (χ0v) is 15.1. The number of hydrogen-bond acceptors (Lipinski definition) is 6. The van der Waals surface area contributed by atoms with Gasteiger partial charge in [-0.3, -0.25) is 19.6 Å². The van der Waals surface area contributed by atoms with Crippen LogP contribution in [0.15, 0.2) is 35.3 Å². The Morgan fingerprint density at radius 3 is 2.89 bits per heavy atom. The minimum atomic E-state index is -0.153. The molecule has 4 rings (SSSR count). The van der Waals surface area contributed by atoms with Crippen molar-refractivity contribution >= 4 is 11.9 Å². The normalized spacial score (nSPS) is 20.1. The number of pyridine rings is 1. The maximum atomic E-state index is 12.5. The number of nitrogens with zero attached hydrogens (tertiary/aromatic N) is 4. The molecule has 8 heteroatoms. The van der Waals surface area contributed by atoms with Gasteiger partial charge in [-0.25, -0.2) is 4.98 Å². The zero-order valence-electron chi connectivity index (χ0n) is 15.1. The maximum Gasteiger partial charge on any atom is 0.252 e. The number of H-pyrrole nitrogens is 1. The minimum absolute atomic E-state index is 0.0643. The van der Waals surface area contributed by atoms with E-state index in [9.17, 15) is 9.59 Å². The Balaban J connectivity index is 1.44. The summed E-state index contributed by atoms with van der Waals surface area (Å²) >= 11 is 0. The fraction of sp³-hybridized carbons (Fsp3) is 0.474. The van der Waals surface area contributed by atoms with Gasteiger partial charge in [0, 0.05) is 50.1 Å². The van der Waals surface area contributed by atoms with Gasteiger partial charge in [0.15, 0.2) is 0 Å². The van der Waals surface area contributed by atoms with E-state index in [4.69, 9.17) is 4.74 Å². The molecule has 2 aromatic heterocycles. The number of carbonyl (C=O) groups excluding carboxylic acids is 1. The molecule has 2 aromatic rings. The molecule has 142 valence electrons. The van der Waals surface area contributed by atoms with Crippen LogP contribution in [0.25, 0.3) is 0 Å². The summed E-state index contributed by atoms with van der Waals surface area (Å²) in [5.74, 6) is 0.744. The van der Waals surface area contributed by atoms with E-state index < -0.39 is 0 Å². The molecular formula is C19H23N5O3. The van der Waals surface area contributed by atoms with E-state index in [1.165, 1.54) is 0 Å². The predicted octanol–water partition coefficient (Wildman–Crippen LogP) is 0.560. The van der Waals surface area contributed by atoms with E-state index >= 15 is 0 Å². The standard InChI is InChI=1S/C19H23N5O3/c25-17-12-16(21-19(22-17)23-7-9-27-10-8-23)14-4-6-24(13-14)18(26)11-15-3-1-2-5-20-15/h1-3,5,12,14H,4,6-11,13H2,(H,21,22,25)/t14-/m0/s1. The predicted molar refractivity (Wildman–Crippen MR) is 99.8 cm³/mol. The van der Waals surface area contributed by atoms with Crippen LogP contribution in [0, 0.1) is 0 Å².